The van der Waals surface area contributed by atoms with E-state index in [2.05, 4.69) is 0 Å². The van der Waals surface area contributed by atoms with E-state index in [9.17, 15) is 9.59 Å². The Balaban J connectivity index is 1.51. The predicted molar refractivity (Wildman–Crippen MR) is 111 cm³/mol. The summed E-state index contributed by atoms with van der Waals surface area (Å²) in [5.41, 5.74) is 0.0563. The maximum Gasteiger partial charge on any atom is 0.338 e. The summed E-state index contributed by atoms with van der Waals surface area (Å²) in [6, 6.07) is 13.3. The summed E-state index contributed by atoms with van der Waals surface area (Å²) in [4.78, 5) is 23.9. The van der Waals surface area contributed by atoms with E-state index in [1.54, 1.807) is 6.07 Å². The Labute approximate surface area is 172 Å². The van der Waals surface area contributed by atoms with Gasteiger partial charge in [-0.25, -0.2) is 4.79 Å². The molecule has 0 radical (unpaired) electrons. The van der Waals surface area contributed by atoms with Gasteiger partial charge in [0.25, 0.3) is 0 Å². The normalized spacial score (nSPS) is 11.4. The summed E-state index contributed by atoms with van der Waals surface area (Å²) in [6.45, 7) is 7.45. The highest BCUT2D eigenvalue weighted by molar-refractivity contribution is 5.95. The van der Waals surface area contributed by atoms with Crippen LogP contribution >= 0.6 is 0 Å². The number of rotatable bonds is 12. The summed E-state index contributed by atoms with van der Waals surface area (Å²) >= 11 is 0. The molecule has 0 atom stereocenters. The number of benzene rings is 2. The van der Waals surface area contributed by atoms with Gasteiger partial charge in [-0.1, -0.05) is 37.3 Å². The highest BCUT2D eigenvalue weighted by Crippen LogP contribution is 2.21. The number of carbonyl (C=O) groups is 2. The third-order valence-corrected chi connectivity index (χ3v) is 4.72. The molecule has 0 aliphatic rings. The number of esters is 2. The lowest BCUT2D eigenvalue weighted by atomic mass is 9.91. The van der Waals surface area contributed by atoms with Crippen molar-refractivity contribution in [2.45, 2.75) is 27.2 Å². The number of fused-ring (bicyclic) bond motifs is 1. The predicted octanol–water partition coefficient (Wildman–Crippen LogP) is 4.01. The molecular weight excluding hydrogens is 372 g/mol. The number of carbonyl (C=O) groups excluding carboxylic acids is 2. The Morgan fingerprint density at radius 3 is 2.03 bits per heavy atom. The van der Waals surface area contributed by atoms with E-state index in [1.807, 2.05) is 57.2 Å². The highest BCUT2D eigenvalue weighted by Gasteiger charge is 2.26. The highest BCUT2D eigenvalue weighted by atomic mass is 16.6. The van der Waals surface area contributed by atoms with Crippen molar-refractivity contribution in [1.82, 2.24) is 0 Å². The van der Waals surface area contributed by atoms with E-state index < -0.39 is 5.41 Å². The van der Waals surface area contributed by atoms with Crippen LogP contribution in [-0.4, -0.2) is 51.6 Å². The molecule has 0 amide bonds. The number of hydrogen-bond acceptors (Lipinski definition) is 6. The molecule has 0 N–H and O–H groups in total. The van der Waals surface area contributed by atoms with Crippen LogP contribution in [0.15, 0.2) is 42.5 Å². The zero-order chi connectivity index (χ0) is 21.1. The van der Waals surface area contributed by atoms with Gasteiger partial charge in [-0.05, 0) is 43.2 Å². The molecule has 0 saturated carbocycles. The SMILES string of the molecule is CCC(C)(C)C(=O)OCCOCCOCCOC(=O)c1ccc2ccccc2c1. The summed E-state index contributed by atoms with van der Waals surface area (Å²) < 4.78 is 21.1. The standard InChI is InChI=1S/C23H30O6/c1-4-23(2,3)22(25)29-16-14-27-12-11-26-13-15-28-21(24)20-10-9-18-7-5-6-8-19(18)17-20/h5-10,17H,4,11-16H2,1-3H3. The van der Waals surface area contributed by atoms with Gasteiger partial charge >= 0.3 is 11.9 Å². The van der Waals surface area contributed by atoms with Crippen LogP contribution in [0.2, 0.25) is 0 Å². The van der Waals surface area contributed by atoms with Gasteiger partial charge in [0.2, 0.25) is 0 Å². The molecular formula is C23H30O6. The van der Waals surface area contributed by atoms with Crippen LogP contribution in [0.4, 0.5) is 0 Å². The molecule has 0 bridgehead atoms. The maximum absolute atomic E-state index is 12.1. The topological polar surface area (TPSA) is 71.1 Å². The van der Waals surface area contributed by atoms with Gasteiger partial charge in [-0.15, -0.1) is 0 Å². The third kappa shape index (κ3) is 7.48. The lowest BCUT2D eigenvalue weighted by Gasteiger charge is -2.20. The van der Waals surface area contributed by atoms with Crippen molar-refractivity contribution in [3.8, 4) is 0 Å². The zero-order valence-electron chi connectivity index (χ0n) is 17.4. The summed E-state index contributed by atoms with van der Waals surface area (Å²) in [5, 5.41) is 2.08. The minimum Gasteiger partial charge on any atom is -0.463 e. The minimum atomic E-state index is -0.465. The molecule has 2 rings (SSSR count). The summed E-state index contributed by atoms with van der Waals surface area (Å²) in [6.07, 6.45) is 0.728. The molecule has 0 fully saturated rings. The van der Waals surface area contributed by atoms with Crippen molar-refractivity contribution in [3.63, 3.8) is 0 Å². The average molecular weight is 402 g/mol. The fraction of sp³-hybridized carbons (Fsp3) is 0.478. The van der Waals surface area contributed by atoms with E-state index in [0.717, 1.165) is 17.2 Å². The Hall–Kier alpha value is -2.44. The molecule has 0 aromatic heterocycles. The molecule has 29 heavy (non-hydrogen) atoms. The van der Waals surface area contributed by atoms with Crippen LogP contribution in [0, 0.1) is 5.41 Å². The van der Waals surface area contributed by atoms with E-state index in [0.29, 0.717) is 32.0 Å². The van der Waals surface area contributed by atoms with Gasteiger partial charge in [0.05, 0.1) is 37.4 Å². The number of ether oxygens (including phenoxy) is 4. The minimum absolute atomic E-state index is 0.176. The summed E-state index contributed by atoms with van der Waals surface area (Å²) in [7, 11) is 0. The average Bonchev–Trinajstić information content (AvgIpc) is 2.74. The van der Waals surface area contributed by atoms with Crippen LogP contribution in [0.25, 0.3) is 10.8 Å². The van der Waals surface area contributed by atoms with Crippen LogP contribution in [0.5, 0.6) is 0 Å². The van der Waals surface area contributed by atoms with Crippen LogP contribution in [0.3, 0.4) is 0 Å². The molecule has 6 heteroatoms. The first-order valence-corrected chi connectivity index (χ1v) is 9.92. The second kappa shape index (κ2) is 11.5. The molecule has 2 aromatic carbocycles. The molecule has 0 aliphatic carbocycles. The van der Waals surface area contributed by atoms with Crippen molar-refractivity contribution >= 4 is 22.7 Å². The van der Waals surface area contributed by atoms with Gasteiger partial charge in [0.15, 0.2) is 0 Å². The van der Waals surface area contributed by atoms with Gasteiger partial charge in [-0.2, -0.15) is 0 Å². The van der Waals surface area contributed by atoms with Crippen LogP contribution in [0.1, 0.15) is 37.6 Å². The van der Waals surface area contributed by atoms with E-state index in [-0.39, 0.29) is 25.2 Å². The molecule has 0 spiro atoms. The van der Waals surface area contributed by atoms with E-state index in [4.69, 9.17) is 18.9 Å². The Kier molecular flexibility index (Phi) is 9.09. The monoisotopic (exact) mass is 402 g/mol. The Morgan fingerprint density at radius 1 is 0.793 bits per heavy atom. The van der Waals surface area contributed by atoms with Crippen LogP contribution < -0.4 is 0 Å². The quantitative estimate of drug-likeness (QED) is 0.395. The van der Waals surface area contributed by atoms with E-state index in [1.165, 1.54) is 0 Å². The molecule has 6 nitrogen and oxygen atoms in total. The molecule has 0 unspecified atom stereocenters. The summed E-state index contributed by atoms with van der Waals surface area (Å²) in [5.74, 6) is -0.583. The largest absolute Gasteiger partial charge is 0.463 e. The second-order valence-corrected chi connectivity index (χ2v) is 7.30. The van der Waals surface area contributed by atoms with Gasteiger partial charge < -0.3 is 18.9 Å². The lowest BCUT2D eigenvalue weighted by Crippen LogP contribution is -2.27. The fourth-order valence-electron chi connectivity index (χ4n) is 2.45. The Morgan fingerprint density at radius 2 is 1.38 bits per heavy atom. The molecule has 0 aliphatic heterocycles. The molecule has 2 aromatic rings. The smallest absolute Gasteiger partial charge is 0.338 e. The molecule has 158 valence electrons. The first kappa shape index (κ1) is 22.8. The van der Waals surface area contributed by atoms with Gasteiger partial charge in [0, 0.05) is 0 Å². The first-order chi connectivity index (χ1) is 13.9. The Bertz CT molecular complexity index is 799. The van der Waals surface area contributed by atoms with Gasteiger partial charge in [0.1, 0.15) is 13.2 Å². The zero-order valence-corrected chi connectivity index (χ0v) is 17.4. The van der Waals surface area contributed by atoms with Crippen molar-refractivity contribution in [2.24, 2.45) is 5.41 Å². The second-order valence-electron chi connectivity index (χ2n) is 7.30. The van der Waals surface area contributed by atoms with E-state index >= 15 is 0 Å². The van der Waals surface area contributed by atoms with Crippen molar-refractivity contribution in [2.75, 3.05) is 39.6 Å². The van der Waals surface area contributed by atoms with Crippen molar-refractivity contribution < 1.29 is 28.5 Å². The third-order valence-electron chi connectivity index (χ3n) is 4.72. The van der Waals surface area contributed by atoms with Crippen molar-refractivity contribution in [1.29, 1.82) is 0 Å². The first-order valence-electron chi connectivity index (χ1n) is 9.92. The van der Waals surface area contributed by atoms with Crippen LogP contribution in [-0.2, 0) is 23.7 Å². The van der Waals surface area contributed by atoms with Crippen molar-refractivity contribution in [3.05, 3.63) is 48.0 Å². The maximum atomic E-state index is 12.1. The molecule has 0 saturated heterocycles. The fourth-order valence-corrected chi connectivity index (χ4v) is 2.45. The molecule has 0 heterocycles. The lowest BCUT2D eigenvalue weighted by molar-refractivity contribution is -0.155. The van der Waals surface area contributed by atoms with Gasteiger partial charge in [-0.3, -0.25) is 4.79 Å². The number of hydrogen-bond donors (Lipinski definition) is 0.